The minimum atomic E-state index is -0.607. The van der Waals surface area contributed by atoms with Crippen LogP contribution in [0.5, 0.6) is 5.75 Å². The summed E-state index contributed by atoms with van der Waals surface area (Å²) in [5.74, 6) is 0.110. The molecule has 1 fully saturated rings. The Kier molecular flexibility index (Phi) is 6.02. The van der Waals surface area contributed by atoms with Crippen molar-refractivity contribution in [2.24, 2.45) is 0 Å². The highest BCUT2D eigenvalue weighted by atomic mass is 32.2. The third kappa shape index (κ3) is 4.46. The lowest BCUT2D eigenvalue weighted by molar-refractivity contribution is -0.109. The van der Waals surface area contributed by atoms with Crippen LogP contribution in [0, 0.1) is 5.82 Å². The number of para-hydroxylation sites is 1. The number of rotatable bonds is 5. The Balaban J connectivity index is 2.41. The smallest absolute Gasteiger partial charge is 0.491 e. The number of benzene rings is 1. The van der Waals surface area contributed by atoms with Crippen molar-refractivity contribution < 1.29 is 23.2 Å². The Morgan fingerprint density at radius 1 is 1.28 bits per heavy atom. The van der Waals surface area contributed by atoms with E-state index in [1.807, 2.05) is 27.7 Å². The fraction of sp³-hybridized carbons (Fsp3) is 0.500. The van der Waals surface area contributed by atoms with Gasteiger partial charge in [-0.1, -0.05) is 30.0 Å². The van der Waals surface area contributed by atoms with Crippen LogP contribution in [0.15, 0.2) is 23.7 Å². The van der Waals surface area contributed by atoms with Gasteiger partial charge in [-0.3, -0.25) is 4.79 Å². The molecule has 1 aliphatic heterocycles. The Labute approximate surface area is 153 Å². The van der Waals surface area contributed by atoms with Crippen LogP contribution in [-0.2, 0) is 14.1 Å². The van der Waals surface area contributed by atoms with Crippen molar-refractivity contribution in [2.75, 3.05) is 12.9 Å². The van der Waals surface area contributed by atoms with Crippen molar-refractivity contribution in [3.8, 4) is 5.75 Å². The average molecular weight is 366 g/mol. The second-order valence-electron chi connectivity index (χ2n) is 6.95. The highest BCUT2D eigenvalue weighted by Gasteiger charge is 2.52. The van der Waals surface area contributed by atoms with E-state index in [4.69, 9.17) is 14.0 Å². The minimum absolute atomic E-state index is 0.00590. The molecule has 0 aromatic heterocycles. The summed E-state index contributed by atoms with van der Waals surface area (Å²) in [6, 6.07) is 4.71. The van der Waals surface area contributed by atoms with E-state index in [0.29, 0.717) is 11.3 Å². The standard InChI is InChI=1S/C18H24BFO4S/c1-12(21)25-11-14(19-23-17(2,3)18(4,5)24-19)10-13-8-7-9-15(20)16(13)22-6/h7-10H,11H2,1-6H3. The summed E-state index contributed by atoms with van der Waals surface area (Å²) in [7, 11) is 0.818. The van der Waals surface area contributed by atoms with Gasteiger partial charge >= 0.3 is 7.12 Å². The molecular formula is C18H24BFO4S. The number of hydrogen-bond acceptors (Lipinski definition) is 5. The largest absolute Gasteiger partial charge is 0.493 e. The maximum absolute atomic E-state index is 14.0. The Morgan fingerprint density at radius 3 is 2.40 bits per heavy atom. The molecule has 1 aromatic rings. The number of hydrogen-bond donors (Lipinski definition) is 0. The summed E-state index contributed by atoms with van der Waals surface area (Å²) < 4.78 is 31.3. The number of halogens is 1. The van der Waals surface area contributed by atoms with Gasteiger partial charge in [0.1, 0.15) is 0 Å². The van der Waals surface area contributed by atoms with Crippen LogP contribution in [-0.4, -0.2) is 36.3 Å². The molecule has 0 amide bonds. The molecule has 0 unspecified atom stereocenters. The average Bonchev–Trinajstić information content (AvgIpc) is 2.71. The molecule has 0 radical (unpaired) electrons. The third-order valence-corrected chi connectivity index (χ3v) is 5.42. The first-order chi connectivity index (χ1) is 11.6. The lowest BCUT2D eigenvalue weighted by Gasteiger charge is -2.32. The molecule has 0 N–H and O–H groups in total. The molecule has 136 valence electrons. The monoisotopic (exact) mass is 366 g/mol. The fourth-order valence-corrected chi connectivity index (χ4v) is 3.00. The summed E-state index contributed by atoms with van der Waals surface area (Å²) in [4.78, 5) is 11.4. The maximum Gasteiger partial charge on any atom is 0.491 e. The van der Waals surface area contributed by atoms with Crippen molar-refractivity contribution in [1.29, 1.82) is 0 Å². The van der Waals surface area contributed by atoms with E-state index in [-0.39, 0.29) is 10.9 Å². The SMILES string of the molecule is COc1c(F)cccc1C=C(CSC(C)=O)B1OC(C)(C)C(C)(C)O1. The first kappa shape index (κ1) is 20.0. The van der Waals surface area contributed by atoms with E-state index in [1.54, 1.807) is 18.2 Å². The van der Waals surface area contributed by atoms with Crippen molar-refractivity contribution >= 4 is 30.1 Å². The van der Waals surface area contributed by atoms with E-state index >= 15 is 0 Å². The number of carbonyl (C=O) groups excluding carboxylic acids is 1. The van der Waals surface area contributed by atoms with Crippen LogP contribution in [0.1, 0.15) is 40.2 Å². The number of thioether (sulfide) groups is 1. The Bertz CT molecular complexity index is 672. The molecule has 2 rings (SSSR count). The topological polar surface area (TPSA) is 44.8 Å². The van der Waals surface area contributed by atoms with E-state index in [0.717, 1.165) is 17.2 Å². The molecular weight excluding hydrogens is 342 g/mol. The van der Waals surface area contributed by atoms with Gasteiger partial charge in [-0.15, -0.1) is 0 Å². The van der Waals surface area contributed by atoms with Crippen molar-refractivity contribution in [3.05, 3.63) is 35.1 Å². The minimum Gasteiger partial charge on any atom is -0.493 e. The zero-order valence-corrected chi connectivity index (χ0v) is 16.3. The third-order valence-electron chi connectivity index (χ3n) is 4.54. The second kappa shape index (κ2) is 7.52. The lowest BCUT2D eigenvalue weighted by atomic mass is 9.78. The van der Waals surface area contributed by atoms with Crippen LogP contribution in [0.4, 0.5) is 4.39 Å². The second-order valence-corrected chi connectivity index (χ2v) is 8.10. The first-order valence-electron chi connectivity index (χ1n) is 8.09. The molecule has 1 aliphatic rings. The molecule has 1 saturated heterocycles. The Morgan fingerprint density at radius 2 is 1.88 bits per heavy atom. The van der Waals surface area contributed by atoms with Gasteiger partial charge in [-0.2, -0.15) is 0 Å². The Hall–Kier alpha value is -1.31. The predicted octanol–water partition coefficient (Wildman–Crippen LogP) is 4.13. The molecule has 7 heteroatoms. The van der Waals surface area contributed by atoms with Gasteiger partial charge in [0.15, 0.2) is 16.7 Å². The van der Waals surface area contributed by atoms with Crippen molar-refractivity contribution in [2.45, 2.75) is 45.8 Å². The molecule has 0 spiro atoms. The van der Waals surface area contributed by atoms with Crippen LogP contribution in [0.25, 0.3) is 6.08 Å². The molecule has 0 saturated carbocycles. The fourth-order valence-electron chi connectivity index (χ4n) is 2.41. The van der Waals surface area contributed by atoms with E-state index in [9.17, 15) is 9.18 Å². The molecule has 25 heavy (non-hydrogen) atoms. The molecule has 1 heterocycles. The highest BCUT2D eigenvalue weighted by Crippen LogP contribution is 2.39. The summed E-state index contributed by atoms with van der Waals surface area (Å²) >= 11 is 1.16. The first-order valence-corrected chi connectivity index (χ1v) is 9.08. The summed E-state index contributed by atoms with van der Waals surface area (Å²) in [6.07, 6.45) is 1.78. The van der Waals surface area contributed by atoms with Crippen LogP contribution >= 0.6 is 11.8 Å². The van der Waals surface area contributed by atoms with E-state index in [2.05, 4.69) is 0 Å². The predicted molar refractivity (Wildman–Crippen MR) is 100 cm³/mol. The summed E-state index contributed by atoms with van der Waals surface area (Å²) in [5, 5.41) is -0.00590. The zero-order valence-electron chi connectivity index (χ0n) is 15.5. The molecule has 0 aliphatic carbocycles. The summed E-state index contributed by atoms with van der Waals surface area (Å²) in [5.41, 5.74) is 0.340. The molecule has 0 atom stereocenters. The van der Waals surface area contributed by atoms with Gasteiger partial charge < -0.3 is 14.0 Å². The zero-order chi connectivity index (χ0) is 18.8. The number of methoxy groups -OCH3 is 1. The molecule has 4 nitrogen and oxygen atoms in total. The van der Waals surface area contributed by atoms with Gasteiger partial charge in [0.2, 0.25) is 0 Å². The van der Waals surface area contributed by atoms with E-state index in [1.165, 1.54) is 20.1 Å². The number of carbonyl (C=O) groups is 1. The van der Waals surface area contributed by atoms with Gasteiger partial charge in [0.25, 0.3) is 0 Å². The van der Waals surface area contributed by atoms with Crippen LogP contribution < -0.4 is 4.74 Å². The quantitative estimate of drug-likeness (QED) is 0.734. The highest BCUT2D eigenvalue weighted by molar-refractivity contribution is 8.13. The lowest BCUT2D eigenvalue weighted by Crippen LogP contribution is -2.41. The van der Waals surface area contributed by atoms with E-state index < -0.39 is 24.1 Å². The van der Waals surface area contributed by atoms with Gasteiger partial charge in [-0.25, -0.2) is 4.39 Å². The van der Waals surface area contributed by atoms with Crippen molar-refractivity contribution in [3.63, 3.8) is 0 Å². The van der Waals surface area contributed by atoms with Gasteiger partial charge in [0.05, 0.1) is 18.3 Å². The van der Waals surface area contributed by atoms with Crippen LogP contribution in [0.2, 0.25) is 0 Å². The molecule has 1 aromatic carbocycles. The molecule has 0 bridgehead atoms. The number of ether oxygens (including phenoxy) is 1. The van der Waals surface area contributed by atoms with Gasteiger partial charge in [-0.05, 0) is 39.2 Å². The van der Waals surface area contributed by atoms with Gasteiger partial charge in [0, 0.05) is 18.2 Å². The maximum atomic E-state index is 14.0. The van der Waals surface area contributed by atoms with Crippen molar-refractivity contribution in [1.82, 2.24) is 0 Å². The summed E-state index contributed by atoms with van der Waals surface area (Å²) in [6.45, 7) is 9.36. The van der Waals surface area contributed by atoms with Crippen LogP contribution in [0.3, 0.4) is 0 Å². The normalized spacial score (nSPS) is 19.2.